The lowest BCUT2D eigenvalue weighted by atomic mass is 9.98. The van der Waals surface area contributed by atoms with Crippen LogP contribution in [0.3, 0.4) is 0 Å². The molecule has 2 saturated heterocycles. The summed E-state index contributed by atoms with van der Waals surface area (Å²) in [5, 5.41) is 22.5. The second kappa shape index (κ2) is 23.0. The van der Waals surface area contributed by atoms with Crippen LogP contribution in [-0.4, -0.2) is 91.4 Å². The summed E-state index contributed by atoms with van der Waals surface area (Å²) in [6.45, 7) is 3.57. The van der Waals surface area contributed by atoms with Gasteiger partial charge in [0.2, 0.25) is 0 Å². The van der Waals surface area contributed by atoms with Gasteiger partial charge in [-0.25, -0.2) is 0 Å². The summed E-state index contributed by atoms with van der Waals surface area (Å²) in [4.78, 5) is 0. The van der Waals surface area contributed by atoms with Gasteiger partial charge in [-0.05, 0) is 34.7 Å². The van der Waals surface area contributed by atoms with Crippen LogP contribution < -0.4 is 0 Å². The molecule has 2 aliphatic rings. The van der Waals surface area contributed by atoms with E-state index in [1.165, 1.54) is 0 Å². The predicted molar refractivity (Wildman–Crippen MR) is 223 cm³/mol. The molecule has 0 unspecified atom stereocenters. The van der Waals surface area contributed by atoms with Gasteiger partial charge in [-0.3, -0.25) is 0 Å². The van der Waals surface area contributed by atoms with Crippen LogP contribution in [0.25, 0.3) is 0 Å². The summed E-state index contributed by atoms with van der Waals surface area (Å²) >= 11 is 0. The highest BCUT2D eigenvalue weighted by molar-refractivity contribution is 5.17. The first-order chi connectivity index (χ1) is 29.5. The van der Waals surface area contributed by atoms with Gasteiger partial charge in [0.25, 0.3) is 0 Å². The Morgan fingerprint density at radius 1 is 0.400 bits per heavy atom. The largest absolute Gasteiger partial charge is 0.387 e. The van der Waals surface area contributed by atoms with E-state index in [0.29, 0.717) is 26.4 Å². The molecule has 2 heterocycles. The number of rotatable bonds is 21. The van der Waals surface area contributed by atoms with E-state index in [2.05, 4.69) is 0 Å². The molecule has 2 fully saturated rings. The number of hydrogen-bond acceptors (Lipinski definition) is 11. The topological polar surface area (TPSA) is 124 Å². The van der Waals surface area contributed by atoms with Crippen molar-refractivity contribution in [2.75, 3.05) is 19.8 Å². The molecule has 0 bridgehead atoms. The molecule has 0 amide bonds. The van der Waals surface area contributed by atoms with Crippen molar-refractivity contribution in [3.8, 4) is 0 Å². The zero-order valence-corrected chi connectivity index (χ0v) is 33.9. The summed E-state index contributed by atoms with van der Waals surface area (Å²) in [6, 6.07) is 49.2. The number of aliphatic hydroxyl groups is 2. The van der Waals surface area contributed by atoms with Crippen molar-refractivity contribution >= 4 is 0 Å². The average molecular weight is 821 g/mol. The average Bonchev–Trinajstić information content (AvgIpc) is 3.29. The first-order valence-electron chi connectivity index (χ1n) is 20.7. The van der Waals surface area contributed by atoms with E-state index in [4.69, 9.17) is 42.6 Å². The second-order valence-corrected chi connectivity index (χ2v) is 15.0. The monoisotopic (exact) mass is 820 g/mol. The Morgan fingerprint density at radius 2 is 0.767 bits per heavy atom. The van der Waals surface area contributed by atoms with Crippen LogP contribution in [0.2, 0.25) is 0 Å². The van der Waals surface area contributed by atoms with Crippen LogP contribution in [-0.2, 0) is 75.7 Å². The molecule has 0 aliphatic carbocycles. The molecule has 11 heteroatoms. The molecule has 60 heavy (non-hydrogen) atoms. The summed E-state index contributed by atoms with van der Waals surface area (Å²) in [6.07, 6.45) is -8.55. The first kappa shape index (κ1) is 43.7. The maximum atomic E-state index is 11.4. The van der Waals surface area contributed by atoms with Gasteiger partial charge in [-0.1, -0.05) is 152 Å². The highest BCUT2D eigenvalue weighted by Crippen LogP contribution is 2.32. The molecule has 0 spiro atoms. The van der Waals surface area contributed by atoms with Crippen LogP contribution in [0.5, 0.6) is 0 Å². The minimum absolute atomic E-state index is 0.0288. The van der Waals surface area contributed by atoms with Crippen LogP contribution >= 0.6 is 0 Å². The molecule has 318 valence electrons. The van der Waals surface area contributed by atoms with Crippen molar-refractivity contribution in [3.05, 3.63) is 179 Å². The summed E-state index contributed by atoms with van der Waals surface area (Å²) in [5.74, 6) is 0. The summed E-state index contributed by atoms with van der Waals surface area (Å²) in [5.41, 5.74) is 4.90. The van der Waals surface area contributed by atoms with E-state index >= 15 is 0 Å². The van der Waals surface area contributed by atoms with Crippen molar-refractivity contribution in [3.63, 3.8) is 0 Å². The van der Waals surface area contributed by atoms with Crippen LogP contribution in [0.15, 0.2) is 152 Å². The van der Waals surface area contributed by atoms with E-state index in [0.717, 1.165) is 27.8 Å². The number of ether oxygens (including phenoxy) is 9. The van der Waals surface area contributed by atoms with Gasteiger partial charge in [0.05, 0.1) is 59.0 Å². The molecule has 0 radical (unpaired) electrons. The standard InChI is InChI=1S/C49H56O11/c1-35-44(55-30-37-19-9-3-10-20-37)46(57-32-39-23-13-5-14-24-39)47(58-33-40-25-15-6-16-26-40)49(59-35)54-28-27-53-48-45(56-31-38-21-11-4-12-22-38)43(51)42(50)41(60-48)34-52-29-36-17-7-2-8-18-36/h2-26,35,41-51H,27-34H2,1H3/t35-,41+,42-,43-,44+,45+,46+,47-,48+,49+/m0/s1. The lowest BCUT2D eigenvalue weighted by molar-refractivity contribution is -0.331. The van der Waals surface area contributed by atoms with Gasteiger partial charge >= 0.3 is 0 Å². The van der Waals surface area contributed by atoms with Crippen molar-refractivity contribution in [2.24, 2.45) is 0 Å². The molecule has 5 aromatic carbocycles. The Bertz CT molecular complexity index is 1910. The highest BCUT2D eigenvalue weighted by Gasteiger charge is 2.48. The van der Waals surface area contributed by atoms with Crippen LogP contribution in [0.4, 0.5) is 0 Å². The molecular weight excluding hydrogens is 765 g/mol. The van der Waals surface area contributed by atoms with Crippen molar-refractivity contribution in [1.29, 1.82) is 0 Å². The SMILES string of the molecule is C[C@@H]1O[C@@H](OCCO[C@@H]2O[C@H](COCc3ccccc3)[C@H](O)[C@H](O)[C@H]2OCc2ccccc2)[C@@H](OCc2ccccc2)[C@H](OCc2ccccc2)[C@@H]1OCc1ccccc1. The zero-order valence-electron chi connectivity index (χ0n) is 33.9. The van der Waals surface area contributed by atoms with Crippen molar-refractivity contribution in [2.45, 2.75) is 101 Å². The fourth-order valence-electron chi connectivity index (χ4n) is 7.32. The van der Waals surface area contributed by atoms with E-state index in [-0.39, 0.29) is 26.4 Å². The maximum absolute atomic E-state index is 11.4. The zero-order chi connectivity index (χ0) is 41.4. The van der Waals surface area contributed by atoms with Crippen molar-refractivity contribution < 1.29 is 52.8 Å². The predicted octanol–water partition coefficient (Wildman–Crippen LogP) is 6.77. The Hall–Kier alpha value is -4.34. The third-order valence-electron chi connectivity index (χ3n) is 10.6. The summed E-state index contributed by atoms with van der Waals surface area (Å²) in [7, 11) is 0. The fourth-order valence-corrected chi connectivity index (χ4v) is 7.32. The molecule has 2 N–H and O–H groups in total. The summed E-state index contributed by atoms with van der Waals surface area (Å²) < 4.78 is 57.5. The van der Waals surface area contributed by atoms with Gasteiger partial charge in [0.15, 0.2) is 12.6 Å². The highest BCUT2D eigenvalue weighted by atomic mass is 16.7. The molecule has 11 nitrogen and oxygen atoms in total. The van der Waals surface area contributed by atoms with Crippen LogP contribution in [0.1, 0.15) is 34.7 Å². The van der Waals surface area contributed by atoms with Gasteiger partial charge < -0.3 is 52.8 Å². The van der Waals surface area contributed by atoms with Gasteiger partial charge in [-0.15, -0.1) is 0 Å². The maximum Gasteiger partial charge on any atom is 0.187 e. The third kappa shape index (κ3) is 12.6. The number of hydrogen-bond donors (Lipinski definition) is 2. The smallest absolute Gasteiger partial charge is 0.187 e. The Labute approximate surface area is 352 Å². The Balaban J connectivity index is 1.04. The molecule has 2 aliphatic heterocycles. The quantitative estimate of drug-likeness (QED) is 0.0763. The Morgan fingerprint density at radius 3 is 1.22 bits per heavy atom. The Kier molecular flexibility index (Phi) is 16.8. The molecule has 0 aromatic heterocycles. The first-order valence-corrected chi connectivity index (χ1v) is 20.7. The molecule has 5 aromatic rings. The number of benzene rings is 5. The van der Waals surface area contributed by atoms with E-state index in [9.17, 15) is 10.2 Å². The molecule has 0 saturated carbocycles. The van der Waals surface area contributed by atoms with E-state index in [1.54, 1.807) is 0 Å². The fraction of sp³-hybridized carbons (Fsp3) is 0.388. The minimum Gasteiger partial charge on any atom is -0.387 e. The van der Waals surface area contributed by atoms with Crippen LogP contribution in [0, 0.1) is 0 Å². The van der Waals surface area contributed by atoms with E-state index in [1.807, 2.05) is 159 Å². The molecule has 7 rings (SSSR count). The molecule has 10 atom stereocenters. The van der Waals surface area contributed by atoms with E-state index < -0.39 is 61.4 Å². The van der Waals surface area contributed by atoms with Gasteiger partial charge in [0.1, 0.15) is 42.7 Å². The van der Waals surface area contributed by atoms with Crippen molar-refractivity contribution in [1.82, 2.24) is 0 Å². The number of aliphatic hydroxyl groups excluding tert-OH is 2. The van der Waals surface area contributed by atoms with Gasteiger partial charge in [-0.2, -0.15) is 0 Å². The molecular formula is C49H56O11. The lowest BCUT2D eigenvalue weighted by Crippen LogP contribution is -2.60. The third-order valence-corrected chi connectivity index (χ3v) is 10.6. The normalized spacial score (nSPS) is 26.8. The second-order valence-electron chi connectivity index (χ2n) is 15.0. The lowest BCUT2D eigenvalue weighted by Gasteiger charge is -2.45. The minimum atomic E-state index is -1.31. The van der Waals surface area contributed by atoms with Gasteiger partial charge in [0, 0.05) is 0 Å².